The molecule has 0 unspecified atom stereocenters. The van der Waals surface area contributed by atoms with E-state index < -0.39 is 12.0 Å². The number of methoxy groups -OCH3 is 1. The van der Waals surface area contributed by atoms with Gasteiger partial charge in [-0.3, -0.25) is 0 Å². The van der Waals surface area contributed by atoms with Gasteiger partial charge in [0.05, 0.1) is 18.2 Å². The number of rotatable bonds is 9. The lowest BCUT2D eigenvalue weighted by Crippen LogP contribution is -2.48. The first-order valence-corrected chi connectivity index (χ1v) is 9.99. The molecular weight excluding hydrogens is 398 g/mol. The zero-order valence-electron chi connectivity index (χ0n) is 16.8. The second kappa shape index (κ2) is 10.8. The highest BCUT2D eigenvalue weighted by Gasteiger charge is 2.35. The standard InChI is InChI=1S/C20H28ClN3O3S/c1-14-17(19(25)27-13-12-26-4)18(15-8-5-6-9-16(15)21)22-20(28)24(14)11-7-10-23(2)3/h5-6,8-9,18H,7,10-13H2,1-4H3,(H,22,28)/t18-/m0/s1. The van der Waals surface area contributed by atoms with E-state index in [1.54, 1.807) is 13.2 Å². The molecule has 1 aromatic carbocycles. The monoisotopic (exact) mass is 425 g/mol. The van der Waals surface area contributed by atoms with E-state index in [1.165, 1.54) is 0 Å². The third kappa shape index (κ3) is 5.67. The van der Waals surface area contributed by atoms with Crippen LogP contribution in [-0.2, 0) is 14.3 Å². The minimum atomic E-state index is -0.457. The summed E-state index contributed by atoms with van der Waals surface area (Å²) in [6, 6.07) is 6.97. The van der Waals surface area contributed by atoms with Gasteiger partial charge >= 0.3 is 5.97 Å². The molecule has 154 valence electrons. The van der Waals surface area contributed by atoms with E-state index in [4.69, 9.17) is 33.3 Å². The van der Waals surface area contributed by atoms with Crippen LogP contribution < -0.4 is 5.32 Å². The van der Waals surface area contributed by atoms with Crippen molar-refractivity contribution in [2.24, 2.45) is 0 Å². The first kappa shape index (κ1) is 22.6. The Kier molecular flexibility index (Phi) is 8.69. The molecule has 0 bridgehead atoms. The van der Waals surface area contributed by atoms with Gasteiger partial charge in [-0.1, -0.05) is 29.8 Å². The third-order valence-electron chi connectivity index (χ3n) is 4.54. The van der Waals surface area contributed by atoms with E-state index in [9.17, 15) is 4.79 Å². The predicted molar refractivity (Wildman–Crippen MR) is 115 cm³/mol. The molecule has 1 aromatic rings. The van der Waals surface area contributed by atoms with E-state index in [-0.39, 0.29) is 6.61 Å². The van der Waals surface area contributed by atoms with E-state index >= 15 is 0 Å². The summed E-state index contributed by atoms with van der Waals surface area (Å²) in [4.78, 5) is 17.0. The molecule has 0 fully saturated rings. The van der Waals surface area contributed by atoms with Gasteiger partial charge in [0.15, 0.2) is 5.11 Å². The second-order valence-electron chi connectivity index (χ2n) is 6.84. The molecule has 0 saturated heterocycles. The molecule has 6 nitrogen and oxygen atoms in total. The van der Waals surface area contributed by atoms with Gasteiger partial charge in [-0.05, 0) is 57.8 Å². The summed E-state index contributed by atoms with van der Waals surface area (Å²) in [5.74, 6) is -0.396. The highest BCUT2D eigenvalue weighted by molar-refractivity contribution is 7.80. The molecule has 8 heteroatoms. The average molecular weight is 426 g/mol. The fourth-order valence-electron chi connectivity index (χ4n) is 3.10. The molecule has 0 radical (unpaired) electrons. The Balaban J connectivity index is 2.36. The Hall–Kier alpha value is -1.67. The Morgan fingerprint density at radius 3 is 2.68 bits per heavy atom. The van der Waals surface area contributed by atoms with E-state index in [1.807, 2.05) is 44.1 Å². The first-order valence-electron chi connectivity index (χ1n) is 9.20. The van der Waals surface area contributed by atoms with Gasteiger partial charge in [-0.2, -0.15) is 0 Å². The van der Waals surface area contributed by atoms with Crippen molar-refractivity contribution >= 4 is 34.9 Å². The van der Waals surface area contributed by atoms with Crippen LogP contribution in [0.5, 0.6) is 0 Å². The number of nitrogens with one attached hydrogen (secondary N) is 1. The normalized spacial score (nSPS) is 17.1. The zero-order valence-corrected chi connectivity index (χ0v) is 18.4. The van der Waals surface area contributed by atoms with Crippen molar-refractivity contribution in [3.63, 3.8) is 0 Å². The van der Waals surface area contributed by atoms with E-state index in [0.29, 0.717) is 28.9 Å². The Morgan fingerprint density at radius 1 is 1.32 bits per heavy atom. The summed E-state index contributed by atoms with van der Waals surface area (Å²) in [5.41, 5.74) is 2.09. The first-order chi connectivity index (χ1) is 13.4. The van der Waals surface area contributed by atoms with Crippen LogP contribution in [0.2, 0.25) is 5.02 Å². The molecular formula is C20H28ClN3O3S. The van der Waals surface area contributed by atoms with Gasteiger partial charge in [0.2, 0.25) is 0 Å². The number of allylic oxidation sites excluding steroid dienone is 1. The SMILES string of the molecule is COCCOC(=O)C1=C(C)N(CCCN(C)C)C(=S)N[C@H]1c1ccccc1Cl. The van der Waals surface area contributed by atoms with Crippen LogP contribution in [0.3, 0.4) is 0 Å². The summed E-state index contributed by atoms with van der Waals surface area (Å²) in [7, 11) is 5.63. The lowest BCUT2D eigenvalue weighted by atomic mass is 9.95. The van der Waals surface area contributed by atoms with Crippen LogP contribution in [0.1, 0.15) is 24.9 Å². The maximum Gasteiger partial charge on any atom is 0.338 e. The number of hydrogen-bond donors (Lipinski definition) is 1. The Bertz CT molecular complexity index is 739. The predicted octanol–water partition coefficient (Wildman–Crippen LogP) is 2.99. The number of carbonyl (C=O) groups excluding carboxylic acids is 1. The maximum absolute atomic E-state index is 12.9. The number of esters is 1. The zero-order chi connectivity index (χ0) is 20.7. The molecule has 1 heterocycles. The molecule has 2 rings (SSSR count). The molecule has 0 aromatic heterocycles. The van der Waals surface area contributed by atoms with Gasteiger partial charge in [0.1, 0.15) is 6.61 Å². The van der Waals surface area contributed by atoms with Gasteiger partial charge in [-0.25, -0.2) is 4.79 Å². The second-order valence-corrected chi connectivity index (χ2v) is 7.63. The van der Waals surface area contributed by atoms with Crippen LogP contribution in [0.15, 0.2) is 35.5 Å². The third-order valence-corrected chi connectivity index (χ3v) is 5.22. The fraction of sp³-hybridized carbons (Fsp3) is 0.500. The van der Waals surface area contributed by atoms with Gasteiger partial charge in [-0.15, -0.1) is 0 Å². The topological polar surface area (TPSA) is 54.0 Å². The molecule has 0 aliphatic carbocycles. The number of nitrogens with zero attached hydrogens (tertiary/aromatic N) is 2. The quantitative estimate of drug-likeness (QED) is 0.371. The average Bonchev–Trinajstić information content (AvgIpc) is 2.64. The van der Waals surface area contributed by atoms with Crippen LogP contribution >= 0.6 is 23.8 Å². The molecule has 1 aliphatic heterocycles. The Morgan fingerprint density at radius 2 is 2.04 bits per heavy atom. The van der Waals surface area contributed by atoms with Crippen molar-refractivity contribution in [3.8, 4) is 0 Å². The van der Waals surface area contributed by atoms with Crippen LogP contribution in [0, 0.1) is 0 Å². The van der Waals surface area contributed by atoms with Crippen LogP contribution in [-0.4, -0.2) is 68.4 Å². The minimum Gasteiger partial charge on any atom is -0.460 e. The molecule has 0 spiro atoms. The van der Waals surface area contributed by atoms with Crippen molar-refractivity contribution in [1.82, 2.24) is 15.1 Å². The number of halogens is 1. The van der Waals surface area contributed by atoms with Gasteiger partial charge in [0.25, 0.3) is 0 Å². The molecule has 28 heavy (non-hydrogen) atoms. The van der Waals surface area contributed by atoms with Gasteiger partial charge < -0.3 is 24.6 Å². The highest BCUT2D eigenvalue weighted by Crippen LogP contribution is 2.34. The number of carbonyl (C=O) groups is 1. The number of benzene rings is 1. The minimum absolute atomic E-state index is 0.187. The van der Waals surface area contributed by atoms with Crippen molar-refractivity contribution in [2.75, 3.05) is 47.5 Å². The molecule has 1 aliphatic rings. The number of thiocarbonyl (C=S) groups is 1. The molecule has 1 N–H and O–H groups in total. The number of ether oxygens (including phenoxy) is 2. The summed E-state index contributed by atoms with van der Waals surface area (Å²) < 4.78 is 10.4. The summed E-state index contributed by atoms with van der Waals surface area (Å²) in [6.07, 6.45) is 0.912. The highest BCUT2D eigenvalue weighted by atomic mass is 35.5. The summed E-state index contributed by atoms with van der Waals surface area (Å²) >= 11 is 12.0. The van der Waals surface area contributed by atoms with Crippen molar-refractivity contribution in [3.05, 3.63) is 46.1 Å². The lowest BCUT2D eigenvalue weighted by Gasteiger charge is -2.38. The largest absolute Gasteiger partial charge is 0.460 e. The van der Waals surface area contributed by atoms with Gasteiger partial charge in [0, 0.05) is 24.4 Å². The molecule has 0 amide bonds. The van der Waals surface area contributed by atoms with Crippen LogP contribution in [0.25, 0.3) is 0 Å². The fourth-order valence-corrected chi connectivity index (χ4v) is 3.69. The molecule has 0 saturated carbocycles. The molecule has 1 atom stereocenters. The lowest BCUT2D eigenvalue weighted by molar-refractivity contribution is -0.140. The Labute approximate surface area is 177 Å². The van der Waals surface area contributed by atoms with E-state index in [0.717, 1.165) is 24.2 Å². The van der Waals surface area contributed by atoms with Crippen LogP contribution in [0.4, 0.5) is 0 Å². The maximum atomic E-state index is 12.9. The smallest absolute Gasteiger partial charge is 0.338 e. The number of hydrogen-bond acceptors (Lipinski definition) is 5. The van der Waals surface area contributed by atoms with Crippen molar-refractivity contribution < 1.29 is 14.3 Å². The summed E-state index contributed by atoms with van der Waals surface area (Å²) in [5, 5.41) is 4.43. The summed E-state index contributed by atoms with van der Waals surface area (Å²) in [6.45, 7) is 4.06. The van der Waals surface area contributed by atoms with Crippen molar-refractivity contribution in [2.45, 2.75) is 19.4 Å². The van der Waals surface area contributed by atoms with E-state index in [2.05, 4.69) is 10.2 Å². The van der Waals surface area contributed by atoms with Crippen molar-refractivity contribution in [1.29, 1.82) is 0 Å².